The zero-order chi connectivity index (χ0) is 23.8. The number of hydrogen-bond donors (Lipinski definition) is 4. The van der Waals surface area contributed by atoms with E-state index in [0.29, 0.717) is 18.6 Å². The van der Waals surface area contributed by atoms with Gasteiger partial charge in [-0.2, -0.15) is 0 Å². The summed E-state index contributed by atoms with van der Waals surface area (Å²) >= 11 is 0. The lowest BCUT2D eigenvalue weighted by atomic mass is 9.78. The van der Waals surface area contributed by atoms with Crippen LogP contribution in [0.2, 0.25) is 0 Å². The molecule has 1 aliphatic rings. The van der Waals surface area contributed by atoms with Crippen molar-refractivity contribution in [1.29, 1.82) is 0 Å². The number of phenolic OH excluding ortho intramolecular Hbond substituents is 1. The molecule has 1 amide bonds. The number of nitrogens with two attached hydrogens (primary N) is 1. The molecule has 0 aromatic heterocycles. The van der Waals surface area contributed by atoms with E-state index in [-0.39, 0.29) is 27.8 Å². The van der Waals surface area contributed by atoms with Crippen LogP contribution < -0.4 is 16.2 Å². The molecular weight excluding hydrogens is 386 g/mol. The van der Waals surface area contributed by atoms with Crippen molar-refractivity contribution >= 4 is 5.91 Å². The molecule has 5 nitrogen and oxygen atoms in total. The highest BCUT2D eigenvalue weighted by molar-refractivity contribution is 5.75. The molecule has 1 heterocycles. The lowest BCUT2D eigenvalue weighted by Crippen LogP contribution is -3.04. The second-order valence-electron chi connectivity index (χ2n) is 12.5. The molecule has 1 aliphatic heterocycles. The van der Waals surface area contributed by atoms with Crippen LogP contribution in [0, 0.1) is 0 Å². The summed E-state index contributed by atoms with van der Waals surface area (Å²) in [6.07, 6.45) is 4.07. The molecule has 0 saturated carbocycles. The number of hydrazine groups is 1. The Kier molecular flexibility index (Phi) is 6.92. The molecule has 0 unspecified atom stereocenters. The predicted octanol–water partition coefficient (Wildman–Crippen LogP) is 3.95. The molecule has 0 radical (unpaired) electrons. The second kappa shape index (κ2) is 8.50. The first kappa shape index (κ1) is 25.3. The zero-order valence-corrected chi connectivity index (χ0v) is 21.3. The third kappa shape index (κ3) is 6.99. The Labute approximate surface area is 189 Å². The fourth-order valence-electron chi connectivity index (χ4n) is 4.62. The van der Waals surface area contributed by atoms with Crippen molar-refractivity contribution in [2.24, 2.45) is 0 Å². The van der Waals surface area contributed by atoms with Gasteiger partial charge in [0.2, 0.25) is 5.91 Å². The predicted molar refractivity (Wildman–Crippen MR) is 128 cm³/mol. The number of aromatic hydroxyl groups is 1. The molecular formula is C26H44N3O2+. The first-order valence-electron chi connectivity index (χ1n) is 11.4. The van der Waals surface area contributed by atoms with Crippen LogP contribution >= 0.6 is 0 Å². The highest BCUT2D eigenvalue weighted by atomic mass is 16.3. The minimum atomic E-state index is -0.173. The van der Waals surface area contributed by atoms with Crippen molar-refractivity contribution in [3.63, 3.8) is 0 Å². The normalized spacial score (nSPS) is 18.3. The second-order valence-corrected chi connectivity index (χ2v) is 12.5. The number of carbonyl (C=O) groups excluding carboxylic acids is 1. The van der Waals surface area contributed by atoms with Crippen molar-refractivity contribution < 1.29 is 15.2 Å². The quantitative estimate of drug-likeness (QED) is 0.534. The molecule has 2 rings (SSSR count). The van der Waals surface area contributed by atoms with Crippen molar-refractivity contribution in [3.05, 3.63) is 40.6 Å². The Balaban J connectivity index is 2.09. The van der Waals surface area contributed by atoms with E-state index in [4.69, 9.17) is 0 Å². The summed E-state index contributed by atoms with van der Waals surface area (Å²) in [7, 11) is 0. The Bertz CT molecular complexity index is 817. The Morgan fingerprint density at radius 1 is 1.03 bits per heavy atom. The summed E-state index contributed by atoms with van der Waals surface area (Å²) in [5.41, 5.74) is 9.77. The van der Waals surface area contributed by atoms with Gasteiger partial charge in [-0.3, -0.25) is 10.2 Å². The monoisotopic (exact) mass is 430 g/mol. The fraction of sp³-hybridized carbons (Fsp3) is 0.654. The van der Waals surface area contributed by atoms with Crippen molar-refractivity contribution in [3.8, 4) is 5.75 Å². The van der Waals surface area contributed by atoms with Crippen LogP contribution in [0.15, 0.2) is 23.9 Å². The van der Waals surface area contributed by atoms with Gasteiger partial charge in [0.15, 0.2) is 0 Å². The summed E-state index contributed by atoms with van der Waals surface area (Å²) in [4.78, 5) is 12.6. The van der Waals surface area contributed by atoms with Crippen molar-refractivity contribution in [2.45, 2.75) is 110 Å². The molecule has 0 saturated heterocycles. The molecule has 0 atom stereocenters. The maximum absolute atomic E-state index is 12.6. The van der Waals surface area contributed by atoms with Crippen LogP contribution in [0.5, 0.6) is 5.75 Å². The van der Waals surface area contributed by atoms with Crippen molar-refractivity contribution in [1.82, 2.24) is 10.9 Å². The summed E-state index contributed by atoms with van der Waals surface area (Å²) < 4.78 is 0. The SMILES string of the molecule is CC1(C)C=C(NNC(=O)CCc2cc(C(C)(C)C)c(O)c(C(C)(C)C)c2)CC(C)(C)[NH2+]1. The molecule has 5 heteroatoms. The maximum Gasteiger partial charge on any atom is 0.238 e. The smallest absolute Gasteiger partial charge is 0.238 e. The van der Waals surface area contributed by atoms with E-state index < -0.39 is 0 Å². The summed E-state index contributed by atoms with van der Waals surface area (Å²) in [6, 6.07) is 4.10. The summed E-state index contributed by atoms with van der Waals surface area (Å²) in [5.74, 6) is 0.342. The Hall–Kier alpha value is -2.01. The van der Waals surface area contributed by atoms with Crippen LogP contribution in [0.25, 0.3) is 0 Å². The molecule has 0 fully saturated rings. The van der Waals surface area contributed by atoms with Crippen LogP contribution in [0.1, 0.15) is 98.8 Å². The first-order chi connectivity index (χ1) is 13.9. The highest BCUT2D eigenvalue weighted by Gasteiger charge is 2.36. The average molecular weight is 431 g/mol. The van der Waals surface area contributed by atoms with Gasteiger partial charge in [0, 0.05) is 18.5 Å². The number of phenols is 1. The van der Waals surface area contributed by atoms with Crippen LogP contribution in [-0.4, -0.2) is 22.1 Å². The van der Waals surface area contributed by atoms with Gasteiger partial charge < -0.3 is 15.8 Å². The topological polar surface area (TPSA) is 78.0 Å². The van der Waals surface area contributed by atoms with Gasteiger partial charge in [0.1, 0.15) is 11.3 Å². The minimum absolute atomic E-state index is 0.00638. The average Bonchev–Trinajstić information content (AvgIpc) is 2.54. The van der Waals surface area contributed by atoms with Crippen molar-refractivity contribution in [2.75, 3.05) is 0 Å². The van der Waals surface area contributed by atoms with Crippen LogP contribution in [0.4, 0.5) is 0 Å². The van der Waals surface area contributed by atoms with Gasteiger partial charge in [-0.1, -0.05) is 53.7 Å². The molecule has 1 aromatic carbocycles. The maximum atomic E-state index is 12.6. The number of carbonyl (C=O) groups is 1. The number of rotatable bonds is 5. The molecule has 0 aliphatic carbocycles. The largest absolute Gasteiger partial charge is 0.507 e. The summed E-state index contributed by atoms with van der Waals surface area (Å²) in [5, 5.41) is 13.2. The number of quaternary nitrogens is 1. The van der Waals surface area contributed by atoms with Gasteiger partial charge in [0.25, 0.3) is 0 Å². The van der Waals surface area contributed by atoms with Gasteiger partial charge in [-0.05, 0) is 67.7 Å². The number of amides is 1. The van der Waals surface area contributed by atoms with E-state index >= 15 is 0 Å². The number of benzene rings is 1. The summed E-state index contributed by atoms with van der Waals surface area (Å²) in [6.45, 7) is 21.4. The van der Waals surface area contributed by atoms with Gasteiger partial charge in [0.05, 0.1) is 5.54 Å². The fourth-order valence-corrected chi connectivity index (χ4v) is 4.62. The third-order valence-electron chi connectivity index (χ3n) is 5.74. The molecule has 1 aromatic rings. The zero-order valence-electron chi connectivity index (χ0n) is 21.3. The molecule has 0 spiro atoms. The van der Waals surface area contributed by atoms with Gasteiger partial charge >= 0.3 is 0 Å². The number of hydrogen-bond acceptors (Lipinski definition) is 3. The van der Waals surface area contributed by atoms with E-state index in [1.807, 2.05) is 0 Å². The molecule has 31 heavy (non-hydrogen) atoms. The third-order valence-corrected chi connectivity index (χ3v) is 5.74. The lowest BCUT2D eigenvalue weighted by Gasteiger charge is -2.37. The highest BCUT2D eigenvalue weighted by Crippen LogP contribution is 2.40. The van der Waals surface area contributed by atoms with E-state index in [2.05, 4.69) is 104 Å². The van der Waals surface area contributed by atoms with Crippen LogP contribution in [0.3, 0.4) is 0 Å². The minimum Gasteiger partial charge on any atom is -0.507 e. The number of nitrogens with one attached hydrogen (secondary N) is 2. The van der Waals surface area contributed by atoms with E-state index in [0.717, 1.165) is 28.8 Å². The van der Waals surface area contributed by atoms with Gasteiger partial charge in [-0.15, -0.1) is 0 Å². The van der Waals surface area contributed by atoms with E-state index in [9.17, 15) is 9.90 Å². The lowest BCUT2D eigenvalue weighted by molar-refractivity contribution is -0.771. The standard InChI is InChI=1S/C26H43N3O2/c1-23(2,3)19-13-17(14-20(22(19)31)24(4,5)6)11-12-21(30)28-27-18-15-25(7,8)29-26(9,10)16-18/h13-15,27,29,31H,11-12,16H2,1-10H3,(H,28,30)/p+1. The number of aryl methyl sites for hydroxylation is 1. The molecule has 0 bridgehead atoms. The van der Waals surface area contributed by atoms with E-state index in [1.165, 1.54) is 0 Å². The first-order valence-corrected chi connectivity index (χ1v) is 11.4. The Morgan fingerprint density at radius 3 is 2.00 bits per heavy atom. The Morgan fingerprint density at radius 2 is 1.55 bits per heavy atom. The molecule has 174 valence electrons. The van der Waals surface area contributed by atoms with Crippen LogP contribution in [-0.2, 0) is 22.0 Å². The van der Waals surface area contributed by atoms with E-state index in [1.54, 1.807) is 0 Å². The van der Waals surface area contributed by atoms with Gasteiger partial charge in [-0.25, -0.2) is 0 Å². The molecule has 5 N–H and O–H groups in total.